The molecular formula is C15H22N4S. The monoisotopic (exact) mass is 290 g/mol. The Labute approximate surface area is 123 Å². The summed E-state index contributed by atoms with van der Waals surface area (Å²) in [5.74, 6) is 2.08. The molecule has 1 fully saturated rings. The van der Waals surface area contributed by atoms with Gasteiger partial charge in [-0.15, -0.1) is 11.3 Å². The van der Waals surface area contributed by atoms with E-state index in [1.807, 2.05) is 0 Å². The summed E-state index contributed by atoms with van der Waals surface area (Å²) in [6, 6.07) is 2.72. The first kappa shape index (κ1) is 13.6. The van der Waals surface area contributed by atoms with Gasteiger partial charge in [0.15, 0.2) is 0 Å². The molecule has 4 nitrogen and oxygen atoms in total. The van der Waals surface area contributed by atoms with Crippen molar-refractivity contribution in [2.75, 3.05) is 11.1 Å². The zero-order chi connectivity index (χ0) is 14.1. The Morgan fingerprint density at radius 1 is 1.40 bits per heavy atom. The molecule has 0 radical (unpaired) electrons. The standard InChI is InChI=1S/C15H22N4S/c1-3-11-8-12-13(18-15(16)19-14(12)20-11)17-10-6-4-5-9(2)7-10/h8-10H,3-7H2,1-2H3,(H3,16,17,18,19). The van der Waals surface area contributed by atoms with Crippen LogP contribution in [0.4, 0.5) is 11.8 Å². The molecule has 2 aromatic rings. The first-order chi connectivity index (χ1) is 9.65. The van der Waals surface area contributed by atoms with Crippen molar-refractivity contribution in [2.45, 2.75) is 52.0 Å². The van der Waals surface area contributed by atoms with Crippen LogP contribution in [0.2, 0.25) is 0 Å². The molecule has 1 aliphatic rings. The number of hydrogen-bond donors (Lipinski definition) is 2. The van der Waals surface area contributed by atoms with Gasteiger partial charge in [-0.1, -0.05) is 26.7 Å². The third-order valence-corrected chi connectivity index (χ3v) is 5.26. The molecule has 1 saturated carbocycles. The summed E-state index contributed by atoms with van der Waals surface area (Å²) in [4.78, 5) is 11.1. The third-order valence-electron chi connectivity index (χ3n) is 4.09. The van der Waals surface area contributed by atoms with Gasteiger partial charge in [0.05, 0.1) is 5.39 Å². The summed E-state index contributed by atoms with van der Waals surface area (Å²) < 4.78 is 0. The van der Waals surface area contributed by atoms with Crippen LogP contribution in [0, 0.1) is 5.92 Å². The quantitative estimate of drug-likeness (QED) is 0.902. The Balaban J connectivity index is 1.91. The highest BCUT2D eigenvalue weighted by atomic mass is 32.1. The van der Waals surface area contributed by atoms with Gasteiger partial charge in [0.25, 0.3) is 0 Å². The molecular weight excluding hydrogens is 268 g/mol. The molecule has 2 unspecified atom stereocenters. The molecule has 1 aliphatic carbocycles. The molecule has 0 aromatic carbocycles. The molecule has 0 amide bonds. The second kappa shape index (κ2) is 5.56. The van der Waals surface area contributed by atoms with Gasteiger partial charge in [0, 0.05) is 10.9 Å². The highest BCUT2D eigenvalue weighted by Gasteiger charge is 2.20. The first-order valence-corrected chi connectivity index (χ1v) is 8.29. The summed E-state index contributed by atoms with van der Waals surface area (Å²) in [6.45, 7) is 4.50. The fraction of sp³-hybridized carbons (Fsp3) is 0.600. The average Bonchev–Trinajstić information content (AvgIpc) is 2.82. The number of thiophene rings is 1. The molecule has 2 atom stereocenters. The van der Waals surface area contributed by atoms with Crippen molar-refractivity contribution < 1.29 is 0 Å². The molecule has 0 aliphatic heterocycles. The van der Waals surface area contributed by atoms with Crippen molar-refractivity contribution in [3.05, 3.63) is 10.9 Å². The SMILES string of the molecule is CCc1cc2c(NC3CCCC(C)C3)nc(N)nc2s1. The van der Waals surface area contributed by atoms with Crippen LogP contribution in [-0.4, -0.2) is 16.0 Å². The predicted molar refractivity (Wildman–Crippen MR) is 86.2 cm³/mol. The predicted octanol–water partition coefficient (Wildman–Crippen LogP) is 3.83. The third kappa shape index (κ3) is 2.73. The summed E-state index contributed by atoms with van der Waals surface area (Å²) >= 11 is 1.72. The summed E-state index contributed by atoms with van der Waals surface area (Å²) in [6.07, 6.45) is 6.11. The Morgan fingerprint density at radius 3 is 3.00 bits per heavy atom. The number of aromatic nitrogens is 2. The Hall–Kier alpha value is -1.36. The van der Waals surface area contributed by atoms with Gasteiger partial charge in [-0.05, 0) is 31.2 Å². The summed E-state index contributed by atoms with van der Waals surface area (Å²) in [5, 5.41) is 4.73. The van der Waals surface area contributed by atoms with E-state index >= 15 is 0 Å². The van der Waals surface area contributed by atoms with Crippen LogP contribution in [0.1, 0.15) is 44.4 Å². The van der Waals surface area contributed by atoms with Crippen LogP contribution in [0.5, 0.6) is 0 Å². The largest absolute Gasteiger partial charge is 0.368 e. The van der Waals surface area contributed by atoms with Gasteiger partial charge in [0.1, 0.15) is 10.6 Å². The van der Waals surface area contributed by atoms with Gasteiger partial charge in [-0.25, -0.2) is 4.98 Å². The van der Waals surface area contributed by atoms with Crippen LogP contribution in [0.15, 0.2) is 6.07 Å². The second-order valence-corrected chi connectivity index (χ2v) is 6.94. The lowest BCUT2D eigenvalue weighted by atomic mass is 9.87. The van der Waals surface area contributed by atoms with E-state index < -0.39 is 0 Å². The molecule has 20 heavy (non-hydrogen) atoms. The van der Waals surface area contributed by atoms with E-state index in [1.165, 1.54) is 30.6 Å². The summed E-state index contributed by atoms with van der Waals surface area (Å²) in [7, 11) is 0. The second-order valence-electron chi connectivity index (χ2n) is 5.83. The number of nitrogens with two attached hydrogens (primary N) is 1. The first-order valence-electron chi connectivity index (χ1n) is 7.48. The number of hydrogen-bond acceptors (Lipinski definition) is 5. The van der Waals surface area contributed by atoms with E-state index in [-0.39, 0.29) is 0 Å². The fourth-order valence-corrected chi connectivity index (χ4v) is 4.00. The molecule has 0 spiro atoms. The normalized spacial score (nSPS) is 23.1. The van der Waals surface area contributed by atoms with Gasteiger partial charge >= 0.3 is 0 Å². The van der Waals surface area contributed by atoms with Crippen molar-refractivity contribution >= 4 is 33.3 Å². The van der Waals surface area contributed by atoms with Crippen LogP contribution in [0.3, 0.4) is 0 Å². The highest BCUT2D eigenvalue weighted by molar-refractivity contribution is 7.18. The van der Waals surface area contributed by atoms with E-state index in [2.05, 4.69) is 35.2 Å². The maximum absolute atomic E-state index is 5.85. The fourth-order valence-electron chi connectivity index (χ4n) is 3.03. The lowest BCUT2D eigenvalue weighted by Gasteiger charge is -2.28. The minimum absolute atomic E-state index is 0.369. The van der Waals surface area contributed by atoms with Crippen LogP contribution >= 0.6 is 11.3 Å². The minimum Gasteiger partial charge on any atom is -0.368 e. The maximum atomic E-state index is 5.85. The van der Waals surface area contributed by atoms with Crippen molar-refractivity contribution in [2.24, 2.45) is 5.92 Å². The number of rotatable bonds is 3. The van der Waals surface area contributed by atoms with E-state index in [9.17, 15) is 0 Å². The van der Waals surface area contributed by atoms with Crippen LogP contribution < -0.4 is 11.1 Å². The summed E-state index contributed by atoms with van der Waals surface area (Å²) in [5.41, 5.74) is 5.85. The maximum Gasteiger partial charge on any atom is 0.223 e. The van der Waals surface area contributed by atoms with Crippen molar-refractivity contribution in [1.82, 2.24) is 9.97 Å². The van der Waals surface area contributed by atoms with E-state index in [0.29, 0.717) is 12.0 Å². The lowest BCUT2D eigenvalue weighted by Crippen LogP contribution is -2.26. The molecule has 0 saturated heterocycles. The molecule has 2 aromatic heterocycles. The molecule has 3 N–H and O–H groups in total. The van der Waals surface area contributed by atoms with Crippen molar-refractivity contribution in [3.8, 4) is 0 Å². The van der Waals surface area contributed by atoms with Gasteiger partial charge in [-0.3, -0.25) is 0 Å². The van der Waals surface area contributed by atoms with Gasteiger partial charge in [-0.2, -0.15) is 4.98 Å². The number of nitrogens with one attached hydrogen (secondary N) is 1. The number of fused-ring (bicyclic) bond motifs is 1. The average molecular weight is 290 g/mol. The zero-order valence-electron chi connectivity index (χ0n) is 12.1. The smallest absolute Gasteiger partial charge is 0.223 e. The minimum atomic E-state index is 0.369. The Kier molecular flexibility index (Phi) is 3.78. The van der Waals surface area contributed by atoms with E-state index in [0.717, 1.165) is 28.4 Å². The van der Waals surface area contributed by atoms with Gasteiger partial charge in [0.2, 0.25) is 5.95 Å². The number of anilines is 2. The Bertz CT molecular complexity index is 607. The molecule has 3 rings (SSSR count). The molecule has 2 heterocycles. The topological polar surface area (TPSA) is 63.8 Å². The van der Waals surface area contributed by atoms with Crippen LogP contribution in [0.25, 0.3) is 10.2 Å². The molecule has 108 valence electrons. The number of nitrogens with zero attached hydrogens (tertiary/aromatic N) is 2. The number of nitrogen functional groups attached to an aromatic ring is 1. The molecule has 5 heteroatoms. The van der Waals surface area contributed by atoms with Crippen molar-refractivity contribution in [3.63, 3.8) is 0 Å². The zero-order valence-corrected chi connectivity index (χ0v) is 13.0. The van der Waals surface area contributed by atoms with Gasteiger partial charge < -0.3 is 11.1 Å². The van der Waals surface area contributed by atoms with E-state index in [1.54, 1.807) is 11.3 Å². The van der Waals surface area contributed by atoms with E-state index in [4.69, 9.17) is 5.73 Å². The van der Waals surface area contributed by atoms with Crippen LogP contribution in [-0.2, 0) is 6.42 Å². The van der Waals surface area contributed by atoms with Crippen molar-refractivity contribution in [1.29, 1.82) is 0 Å². The number of aryl methyl sites for hydroxylation is 1. The lowest BCUT2D eigenvalue weighted by molar-refractivity contribution is 0.358. The Morgan fingerprint density at radius 2 is 2.25 bits per heavy atom. The highest BCUT2D eigenvalue weighted by Crippen LogP contribution is 2.32. The molecule has 0 bridgehead atoms.